The van der Waals surface area contributed by atoms with Gasteiger partial charge in [0.15, 0.2) is 5.76 Å². The molecule has 1 aliphatic carbocycles. The van der Waals surface area contributed by atoms with E-state index in [1.807, 2.05) is 23.1 Å². The van der Waals surface area contributed by atoms with Crippen molar-refractivity contribution in [3.8, 4) is 0 Å². The summed E-state index contributed by atoms with van der Waals surface area (Å²) in [6.07, 6.45) is 6.61. The Morgan fingerprint density at radius 3 is 2.53 bits per heavy atom. The minimum Gasteiger partial charge on any atom is -0.455 e. The minimum absolute atomic E-state index is 0.0647. The van der Waals surface area contributed by atoms with Crippen molar-refractivity contribution in [2.75, 3.05) is 26.2 Å². The maximum absolute atomic E-state index is 12.8. The SMILES string of the molecule is O=C(c1ccc(C[S@](=O)Cc2cccc(Cl)c2)o1)N1CCN(C2CCCCC2)CC1. The summed E-state index contributed by atoms with van der Waals surface area (Å²) in [5.41, 5.74) is 0.930. The van der Waals surface area contributed by atoms with E-state index >= 15 is 0 Å². The summed E-state index contributed by atoms with van der Waals surface area (Å²) < 4.78 is 18.2. The number of carbonyl (C=O) groups is 1. The lowest BCUT2D eigenvalue weighted by molar-refractivity contribution is 0.0496. The van der Waals surface area contributed by atoms with Gasteiger partial charge in [0.05, 0.1) is 5.75 Å². The molecule has 1 amide bonds. The second kappa shape index (κ2) is 10.1. The maximum atomic E-state index is 12.8. The van der Waals surface area contributed by atoms with Crippen LogP contribution >= 0.6 is 11.6 Å². The monoisotopic (exact) mass is 448 g/mol. The molecule has 0 bridgehead atoms. The van der Waals surface area contributed by atoms with E-state index in [9.17, 15) is 9.00 Å². The van der Waals surface area contributed by atoms with E-state index in [2.05, 4.69) is 4.90 Å². The smallest absolute Gasteiger partial charge is 0.289 e. The number of hydrogen-bond acceptors (Lipinski definition) is 4. The van der Waals surface area contributed by atoms with E-state index in [1.54, 1.807) is 18.2 Å². The molecular formula is C23H29ClN2O3S. The van der Waals surface area contributed by atoms with Gasteiger partial charge in [-0.05, 0) is 42.7 Å². The Labute approximate surface area is 185 Å². The molecule has 1 aromatic heterocycles. The number of amides is 1. The van der Waals surface area contributed by atoms with Crippen molar-refractivity contribution in [1.82, 2.24) is 9.80 Å². The average Bonchev–Trinajstić information content (AvgIpc) is 3.22. The third-order valence-corrected chi connectivity index (χ3v) is 7.58. The second-order valence-electron chi connectivity index (χ2n) is 8.24. The standard InChI is InChI=1S/C23H29ClN2O3S/c24-19-6-4-5-18(15-19)16-30(28)17-21-9-10-22(29-21)23(27)26-13-11-25(12-14-26)20-7-2-1-3-8-20/h4-6,9-10,15,20H,1-3,7-8,11-14,16-17H2/t30-/m1/s1. The average molecular weight is 449 g/mol. The minimum atomic E-state index is -1.13. The van der Waals surface area contributed by atoms with Gasteiger partial charge in [0.2, 0.25) is 0 Å². The zero-order valence-corrected chi connectivity index (χ0v) is 18.8. The molecule has 2 aliphatic rings. The van der Waals surface area contributed by atoms with Crippen LogP contribution in [0, 0.1) is 0 Å². The summed E-state index contributed by atoms with van der Waals surface area (Å²) in [6.45, 7) is 3.36. The molecule has 0 radical (unpaired) electrons. The fourth-order valence-electron chi connectivity index (χ4n) is 4.48. The molecule has 0 unspecified atom stereocenters. The number of rotatable bonds is 6. The van der Waals surface area contributed by atoms with Gasteiger partial charge in [-0.15, -0.1) is 0 Å². The lowest BCUT2D eigenvalue weighted by atomic mass is 9.94. The number of benzene rings is 1. The Morgan fingerprint density at radius 1 is 1.03 bits per heavy atom. The quantitative estimate of drug-likeness (QED) is 0.654. The van der Waals surface area contributed by atoms with Crippen LogP contribution in [0.4, 0.5) is 0 Å². The first-order valence-corrected chi connectivity index (χ1v) is 12.7. The highest BCUT2D eigenvalue weighted by molar-refractivity contribution is 7.83. The van der Waals surface area contributed by atoms with E-state index in [4.69, 9.17) is 16.0 Å². The molecule has 1 saturated heterocycles. The number of nitrogens with zero attached hydrogens (tertiary/aromatic N) is 2. The zero-order valence-electron chi connectivity index (χ0n) is 17.2. The number of furan rings is 1. The van der Waals surface area contributed by atoms with Crippen LogP contribution in [0.3, 0.4) is 0 Å². The van der Waals surface area contributed by atoms with Gasteiger partial charge in [0.25, 0.3) is 5.91 Å². The van der Waals surface area contributed by atoms with Gasteiger partial charge in [0, 0.05) is 53.8 Å². The summed E-state index contributed by atoms with van der Waals surface area (Å²) in [7, 11) is -1.13. The molecule has 0 N–H and O–H groups in total. The Balaban J connectivity index is 1.28. The van der Waals surface area contributed by atoms with Gasteiger partial charge in [-0.2, -0.15) is 0 Å². The molecule has 0 spiro atoms. The highest BCUT2D eigenvalue weighted by atomic mass is 35.5. The first-order chi connectivity index (χ1) is 14.6. The summed E-state index contributed by atoms with van der Waals surface area (Å²) in [4.78, 5) is 17.3. The fourth-order valence-corrected chi connectivity index (χ4v) is 5.82. The normalized spacial score (nSPS) is 19.7. The molecular weight excluding hydrogens is 420 g/mol. The Bertz CT molecular complexity index is 886. The van der Waals surface area contributed by atoms with Crippen LogP contribution in [0.1, 0.15) is 54.0 Å². The molecule has 30 heavy (non-hydrogen) atoms. The second-order valence-corrected chi connectivity index (χ2v) is 10.1. The summed E-state index contributed by atoms with van der Waals surface area (Å²) in [5.74, 6) is 1.56. The van der Waals surface area contributed by atoms with Crippen LogP contribution in [0.2, 0.25) is 5.02 Å². The fraction of sp³-hybridized carbons (Fsp3) is 0.522. The lowest BCUT2D eigenvalue weighted by Gasteiger charge is -2.40. The predicted molar refractivity (Wildman–Crippen MR) is 120 cm³/mol. The van der Waals surface area contributed by atoms with E-state index in [-0.39, 0.29) is 11.7 Å². The molecule has 1 atom stereocenters. The maximum Gasteiger partial charge on any atom is 0.289 e. The summed E-state index contributed by atoms with van der Waals surface area (Å²) in [6, 6.07) is 11.6. The highest BCUT2D eigenvalue weighted by Gasteiger charge is 2.28. The molecule has 7 heteroatoms. The number of halogens is 1. The van der Waals surface area contributed by atoms with Crippen molar-refractivity contribution in [2.45, 2.75) is 49.7 Å². The van der Waals surface area contributed by atoms with E-state index in [0.717, 1.165) is 31.7 Å². The molecule has 2 aromatic rings. The molecule has 2 heterocycles. The molecule has 162 valence electrons. The number of piperazine rings is 1. The number of carbonyl (C=O) groups excluding carboxylic acids is 1. The Morgan fingerprint density at radius 2 is 1.80 bits per heavy atom. The van der Waals surface area contributed by atoms with Gasteiger partial charge >= 0.3 is 0 Å². The predicted octanol–water partition coefficient (Wildman–Crippen LogP) is 4.47. The van der Waals surface area contributed by atoms with Gasteiger partial charge in [0.1, 0.15) is 5.76 Å². The van der Waals surface area contributed by atoms with Crippen LogP contribution in [-0.2, 0) is 22.3 Å². The van der Waals surface area contributed by atoms with Crippen LogP contribution in [-0.4, -0.2) is 52.1 Å². The van der Waals surface area contributed by atoms with Crippen molar-refractivity contribution >= 4 is 28.3 Å². The van der Waals surface area contributed by atoms with Crippen molar-refractivity contribution in [1.29, 1.82) is 0 Å². The van der Waals surface area contributed by atoms with Crippen molar-refractivity contribution in [3.05, 3.63) is 58.5 Å². The molecule has 1 saturated carbocycles. The third-order valence-electron chi connectivity index (χ3n) is 6.08. The van der Waals surface area contributed by atoms with Crippen LogP contribution in [0.15, 0.2) is 40.8 Å². The zero-order chi connectivity index (χ0) is 20.9. The first-order valence-electron chi connectivity index (χ1n) is 10.8. The molecule has 2 fully saturated rings. The lowest BCUT2D eigenvalue weighted by Crippen LogP contribution is -2.52. The number of hydrogen-bond donors (Lipinski definition) is 0. The largest absolute Gasteiger partial charge is 0.455 e. The summed E-state index contributed by atoms with van der Waals surface area (Å²) in [5, 5.41) is 0.638. The molecule has 5 nitrogen and oxygen atoms in total. The molecule has 1 aliphatic heterocycles. The van der Waals surface area contributed by atoms with Gasteiger partial charge in [-0.1, -0.05) is 43.0 Å². The molecule has 1 aromatic carbocycles. The van der Waals surface area contributed by atoms with Crippen LogP contribution in [0.5, 0.6) is 0 Å². The topological polar surface area (TPSA) is 53.8 Å². The van der Waals surface area contributed by atoms with E-state index < -0.39 is 10.8 Å². The van der Waals surface area contributed by atoms with Gasteiger partial charge in [-0.3, -0.25) is 13.9 Å². The Hall–Kier alpha value is -1.63. The van der Waals surface area contributed by atoms with Gasteiger partial charge < -0.3 is 9.32 Å². The van der Waals surface area contributed by atoms with Crippen molar-refractivity contribution in [3.63, 3.8) is 0 Å². The molecule has 4 rings (SSSR count). The van der Waals surface area contributed by atoms with E-state index in [1.165, 1.54) is 32.1 Å². The van der Waals surface area contributed by atoms with Crippen LogP contribution < -0.4 is 0 Å². The van der Waals surface area contributed by atoms with Crippen molar-refractivity contribution < 1.29 is 13.4 Å². The van der Waals surface area contributed by atoms with Crippen LogP contribution in [0.25, 0.3) is 0 Å². The van der Waals surface area contributed by atoms with Crippen molar-refractivity contribution in [2.24, 2.45) is 0 Å². The summed E-state index contributed by atoms with van der Waals surface area (Å²) >= 11 is 5.99. The van der Waals surface area contributed by atoms with Gasteiger partial charge in [-0.25, -0.2) is 0 Å². The first kappa shape index (κ1) is 21.6. The van der Waals surface area contributed by atoms with E-state index in [0.29, 0.717) is 28.3 Å². The highest BCUT2D eigenvalue weighted by Crippen LogP contribution is 2.24. The third kappa shape index (κ3) is 5.54. The Kier molecular flexibility index (Phi) is 7.28.